The van der Waals surface area contributed by atoms with Crippen LogP contribution < -0.4 is 20.3 Å². The van der Waals surface area contributed by atoms with Gasteiger partial charge in [0.2, 0.25) is 0 Å². The number of benzene rings is 1. The molecular formula is C21H22ClN3O6S. The van der Waals surface area contributed by atoms with Gasteiger partial charge < -0.3 is 19.5 Å². The monoisotopic (exact) mass is 479 g/mol. The van der Waals surface area contributed by atoms with Gasteiger partial charge in [-0.15, -0.1) is 11.3 Å². The lowest BCUT2D eigenvalue weighted by Crippen LogP contribution is -2.24. The van der Waals surface area contributed by atoms with Crippen LogP contribution in [0.1, 0.15) is 16.9 Å². The SMILES string of the molecule is COc1cc(OC)c(NC(=O)COC(=O)CCn2cnc3sc(C)c(C)c3c2=O)cc1Cl. The highest BCUT2D eigenvalue weighted by Crippen LogP contribution is 2.35. The van der Waals surface area contributed by atoms with Crippen LogP contribution in [0.3, 0.4) is 0 Å². The number of hydrogen-bond acceptors (Lipinski definition) is 8. The third-order valence-corrected chi connectivity index (χ3v) is 6.24. The molecule has 0 fully saturated rings. The van der Waals surface area contributed by atoms with E-state index in [0.29, 0.717) is 27.4 Å². The quantitative estimate of drug-likeness (QED) is 0.493. The molecule has 2 heterocycles. The summed E-state index contributed by atoms with van der Waals surface area (Å²) in [4.78, 5) is 42.9. The lowest BCUT2D eigenvalue weighted by molar-refractivity contribution is -0.147. The second-order valence-electron chi connectivity index (χ2n) is 6.85. The number of nitrogens with zero attached hydrogens (tertiary/aromatic N) is 2. The van der Waals surface area contributed by atoms with E-state index in [1.165, 1.54) is 48.6 Å². The minimum Gasteiger partial charge on any atom is -0.495 e. The maximum atomic E-state index is 12.7. The van der Waals surface area contributed by atoms with Crippen LogP contribution in [-0.4, -0.2) is 42.3 Å². The summed E-state index contributed by atoms with van der Waals surface area (Å²) < 4.78 is 16.7. The van der Waals surface area contributed by atoms with Gasteiger partial charge >= 0.3 is 5.97 Å². The average Bonchev–Trinajstić information content (AvgIpc) is 3.06. The Morgan fingerprint density at radius 3 is 2.59 bits per heavy atom. The van der Waals surface area contributed by atoms with Gasteiger partial charge in [-0.05, 0) is 25.5 Å². The van der Waals surface area contributed by atoms with Gasteiger partial charge in [-0.25, -0.2) is 4.98 Å². The summed E-state index contributed by atoms with van der Waals surface area (Å²) in [5.74, 6) is -0.455. The Hall–Kier alpha value is -3.11. The predicted molar refractivity (Wildman–Crippen MR) is 122 cm³/mol. The number of esters is 1. The summed E-state index contributed by atoms with van der Waals surface area (Å²) in [7, 11) is 2.90. The number of halogens is 1. The van der Waals surface area contributed by atoms with E-state index < -0.39 is 18.5 Å². The molecule has 1 N–H and O–H groups in total. The molecule has 0 saturated carbocycles. The number of aryl methyl sites for hydroxylation is 3. The van der Waals surface area contributed by atoms with Gasteiger partial charge in [-0.2, -0.15) is 0 Å². The van der Waals surface area contributed by atoms with Crippen molar-refractivity contribution in [1.29, 1.82) is 0 Å². The number of amides is 1. The van der Waals surface area contributed by atoms with Crippen molar-refractivity contribution in [3.63, 3.8) is 0 Å². The van der Waals surface area contributed by atoms with Crippen molar-refractivity contribution in [2.75, 3.05) is 26.1 Å². The van der Waals surface area contributed by atoms with Crippen LogP contribution in [-0.2, 0) is 20.9 Å². The number of rotatable bonds is 8. The lowest BCUT2D eigenvalue weighted by atomic mass is 10.2. The summed E-state index contributed by atoms with van der Waals surface area (Å²) in [5, 5.41) is 3.42. The molecular weight excluding hydrogens is 458 g/mol. The molecule has 9 nitrogen and oxygen atoms in total. The van der Waals surface area contributed by atoms with Crippen molar-refractivity contribution in [1.82, 2.24) is 9.55 Å². The van der Waals surface area contributed by atoms with Gasteiger partial charge in [-0.1, -0.05) is 11.6 Å². The number of anilines is 1. The summed E-state index contributed by atoms with van der Waals surface area (Å²) in [6, 6.07) is 3.01. The van der Waals surface area contributed by atoms with Gasteiger partial charge in [0.05, 0.1) is 43.1 Å². The predicted octanol–water partition coefficient (Wildman–Crippen LogP) is 3.32. The molecule has 3 aromatic rings. The summed E-state index contributed by atoms with van der Waals surface area (Å²) in [6.45, 7) is 3.40. The Balaban J connectivity index is 1.57. The molecule has 0 unspecified atom stereocenters. The molecule has 11 heteroatoms. The van der Waals surface area contributed by atoms with Crippen LogP contribution in [0.25, 0.3) is 10.2 Å². The second-order valence-corrected chi connectivity index (χ2v) is 8.46. The zero-order valence-electron chi connectivity index (χ0n) is 18.0. The van der Waals surface area contributed by atoms with Crippen molar-refractivity contribution < 1.29 is 23.8 Å². The molecule has 0 aliphatic heterocycles. The zero-order valence-corrected chi connectivity index (χ0v) is 19.6. The summed E-state index contributed by atoms with van der Waals surface area (Å²) >= 11 is 7.54. The number of methoxy groups -OCH3 is 2. The number of ether oxygens (including phenoxy) is 3. The van der Waals surface area contributed by atoms with Crippen LogP contribution in [0.4, 0.5) is 5.69 Å². The number of nitrogens with one attached hydrogen (secondary N) is 1. The Labute approximate surface area is 192 Å². The van der Waals surface area contributed by atoms with Crippen LogP contribution in [0, 0.1) is 13.8 Å². The number of carbonyl (C=O) groups excluding carboxylic acids is 2. The molecule has 1 amide bonds. The van der Waals surface area contributed by atoms with Gasteiger partial charge in [0.25, 0.3) is 11.5 Å². The zero-order chi connectivity index (χ0) is 23.4. The average molecular weight is 480 g/mol. The van der Waals surface area contributed by atoms with E-state index in [1.807, 2.05) is 13.8 Å². The molecule has 0 aliphatic rings. The van der Waals surface area contributed by atoms with Crippen molar-refractivity contribution in [2.24, 2.45) is 0 Å². The fraction of sp³-hybridized carbons (Fsp3) is 0.333. The fourth-order valence-corrected chi connectivity index (χ4v) is 4.23. The van der Waals surface area contributed by atoms with Crippen molar-refractivity contribution in [3.05, 3.63) is 44.3 Å². The van der Waals surface area contributed by atoms with E-state index in [0.717, 1.165) is 10.4 Å². The normalized spacial score (nSPS) is 10.8. The molecule has 0 aliphatic carbocycles. The first-order valence-electron chi connectivity index (χ1n) is 9.57. The van der Waals surface area contributed by atoms with Crippen molar-refractivity contribution in [3.8, 4) is 11.5 Å². The van der Waals surface area contributed by atoms with Crippen molar-refractivity contribution >= 4 is 50.7 Å². The Morgan fingerprint density at radius 1 is 1.19 bits per heavy atom. The first-order chi connectivity index (χ1) is 15.2. The highest BCUT2D eigenvalue weighted by molar-refractivity contribution is 7.18. The number of aromatic nitrogens is 2. The minimum absolute atomic E-state index is 0.0831. The molecule has 0 saturated heterocycles. The highest BCUT2D eigenvalue weighted by atomic mass is 35.5. The first kappa shape index (κ1) is 23.6. The van der Waals surface area contributed by atoms with Gasteiger partial charge in [-0.3, -0.25) is 19.0 Å². The lowest BCUT2D eigenvalue weighted by Gasteiger charge is -2.13. The third kappa shape index (κ3) is 5.03. The van der Waals surface area contributed by atoms with E-state index >= 15 is 0 Å². The first-order valence-corrected chi connectivity index (χ1v) is 10.8. The van der Waals surface area contributed by atoms with Gasteiger partial charge in [0.15, 0.2) is 6.61 Å². The Morgan fingerprint density at radius 2 is 1.91 bits per heavy atom. The molecule has 0 radical (unpaired) electrons. The van der Waals surface area contributed by atoms with E-state index in [4.69, 9.17) is 25.8 Å². The second kappa shape index (κ2) is 10.0. The number of fused-ring (bicyclic) bond motifs is 1. The summed E-state index contributed by atoms with van der Waals surface area (Å²) in [6.07, 6.45) is 1.33. The van der Waals surface area contributed by atoms with Crippen LogP contribution in [0.5, 0.6) is 11.5 Å². The number of carbonyl (C=O) groups is 2. The molecule has 0 atom stereocenters. The Bertz CT molecular complexity index is 1240. The third-order valence-electron chi connectivity index (χ3n) is 4.82. The molecule has 0 bridgehead atoms. The van der Waals surface area contributed by atoms with Gasteiger partial charge in [0, 0.05) is 17.5 Å². The van der Waals surface area contributed by atoms with E-state index in [-0.39, 0.29) is 23.5 Å². The van der Waals surface area contributed by atoms with E-state index in [2.05, 4.69) is 10.3 Å². The standard InChI is InChI=1S/C21H22ClN3O6S/c1-11-12(2)32-20-19(11)21(28)25(10-23-20)6-5-18(27)31-9-17(26)24-14-7-13(22)15(29-3)8-16(14)30-4/h7-8,10H,5-6,9H2,1-4H3,(H,24,26). The summed E-state index contributed by atoms with van der Waals surface area (Å²) in [5.41, 5.74) is 1.00. The maximum Gasteiger partial charge on any atom is 0.308 e. The number of hydrogen-bond donors (Lipinski definition) is 1. The largest absolute Gasteiger partial charge is 0.495 e. The molecule has 1 aromatic carbocycles. The Kier molecular flexibility index (Phi) is 7.37. The number of thiophene rings is 1. The molecule has 0 spiro atoms. The van der Waals surface area contributed by atoms with Gasteiger partial charge in [0.1, 0.15) is 16.3 Å². The molecule has 3 rings (SSSR count). The smallest absolute Gasteiger partial charge is 0.308 e. The minimum atomic E-state index is -0.620. The fourth-order valence-electron chi connectivity index (χ4n) is 3.00. The maximum absolute atomic E-state index is 12.7. The van der Waals surface area contributed by atoms with E-state index in [9.17, 15) is 14.4 Å². The topological polar surface area (TPSA) is 109 Å². The van der Waals surface area contributed by atoms with Crippen LogP contribution in [0.2, 0.25) is 5.02 Å². The molecule has 170 valence electrons. The van der Waals surface area contributed by atoms with E-state index in [1.54, 1.807) is 0 Å². The van der Waals surface area contributed by atoms with Crippen LogP contribution >= 0.6 is 22.9 Å². The molecule has 2 aromatic heterocycles. The highest BCUT2D eigenvalue weighted by Gasteiger charge is 2.15. The van der Waals surface area contributed by atoms with Crippen molar-refractivity contribution in [2.45, 2.75) is 26.8 Å². The van der Waals surface area contributed by atoms with Crippen LogP contribution in [0.15, 0.2) is 23.3 Å². The molecule has 32 heavy (non-hydrogen) atoms.